The molecule has 0 spiro atoms. The van der Waals surface area contributed by atoms with Crippen LogP contribution in [0, 0.1) is 0 Å². The van der Waals surface area contributed by atoms with E-state index in [2.05, 4.69) is 51.1 Å². The van der Waals surface area contributed by atoms with Crippen LogP contribution in [0.1, 0.15) is 27.0 Å². The topological polar surface area (TPSA) is 69.3 Å². The lowest BCUT2D eigenvalue weighted by Crippen LogP contribution is -2.26. The van der Waals surface area contributed by atoms with Gasteiger partial charge in [-0.3, -0.25) is 4.79 Å². The van der Waals surface area contributed by atoms with Crippen molar-refractivity contribution < 1.29 is 4.79 Å². The fourth-order valence-corrected chi connectivity index (χ4v) is 4.21. The molecule has 6 nitrogen and oxygen atoms in total. The van der Waals surface area contributed by atoms with Crippen LogP contribution in [-0.4, -0.2) is 29.4 Å². The molecule has 0 unspecified atom stereocenters. The largest absolute Gasteiger partial charge is 0.353 e. The van der Waals surface area contributed by atoms with E-state index in [4.69, 9.17) is 11.6 Å². The third-order valence-electron chi connectivity index (χ3n) is 5.62. The number of pyridine rings is 1. The van der Waals surface area contributed by atoms with Crippen molar-refractivity contribution in [1.29, 1.82) is 0 Å². The highest BCUT2D eigenvalue weighted by molar-refractivity contribution is 6.33. The molecular weight excluding hydrogens is 398 g/mol. The van der Waals surface area contributed by atoms with Crippen LogP contribution < -0.4 is 16.0 Å². The Morgan fingerprint density at radius 1 is 1.07 bits per heavy atom. The predicted octanol–water partition coefficient (Wildman–Crippen LogP) is 4.45. The Kier molecular flexibility index (Phi) is 4.81. The van der Waals surface area contributed by atoms with Crippen molar-refractivity contribution in [2.45, 2.75) is 19.5 Å². The van der Waals surface area contributed by atoms with Gasteiger partial charge in [0.1, 0.15) is 5.82 Å². The standard InChI is InChI=1S/C23H22ClN5O/c1-29-8-7-14-5-6-17(9-16(14)13-29)27-21-10-20(18(24)12-25-21)28-19-4-2-3-15-11-26-23(30)22(15)19/h2-6,9-10,12H,7-8,11,13H2,1H3,(H,26,30)(H2,25,27,28). The monoisotopic (exact) mass is 419 g/mol. The Labute approximate surface area is 180 Å². The molecule has 0 radical (unpaired) electrons. The number of aromatic nitrogens is 1. The van der Waals surface area contributed by atoms with Crippen LogP contribution in [0.3, 0.4) is 0 Å². The van der Waals surface area contributed by atoms with Crippen LogP contribution in [0.4, 0.5) is 22.9 Å². The van der Waals surface area contributed by atoms with Gasteiger partial charge in [0.05, 0.1) is 28.2 Å². The molecule has 3 aromatic rings. The fourth-order valence-electron chi connectivity index (χ4n) is 4.06. The molecule has 0 fully saturated rings. The maximum Gasteiger partial charge on any atom is 0.254 e. The second kappa shape index (κ2) is 7.63. The lowest BCUT2D eigenvalue weighted by molar-refractivity contribution is 0.0966. The second-order valence-corrected chi connectivity index (χ2v) is 8.20. The number of carbonyl (C=O) groups excluding carboxylic acids is 1. The zero-order valence-corrected chi connectivity index (χ0v) is 17.4. The summed E-state index contributed by atoms with van der Waals surface area (Å²) in [6, 6.07) is 14.1. The summed E-state index contributed by atoms with van der Waals surface area (Å²) >= 11 is 6.39. The van der Waals surface area contributed by atoms with Crippen molar-refractivity contribution in [3.05, 3.63) is 75.9 Å². The van der Waals surface area contributed by atoms with Gasteiger partial charge in [0.25, 0.3) is 5.91 Å². The average molecular weight is 420 g/mol. The molecule has 30 heavy (non-hydrogen) atoms. The van der Waals surface area contributed by atoms with Crippen molar-refractivity contribution in [2.24, 2.45) is 0 Å². The number of carbonyl (C=O) groups is 1. The molecule has 2 aliphatic rings. The Balaban J connectivity index is 1.41. The third kappa shape index (κ3) is 3.60. The van der Waals surface area contributed by atoms with Gasteiger partial charge in [-0.15, -0.1) is 0 Å². The summed E-state index contributed by atoms with van der Waals surface area (Å²) in [6.45, 7) is 2.59. The molecule has 0 saturated heterocycles. The smallest absolute Gasteiger partial charge is 0.254 e. The summed E-state index contributed by atoms with van der Waals surface area (Å²) in [7, 11) is 2.14. The molecule has 0 bridgehead atoms. The quantitative estimate of drug-likeness (QED) is 0.582. The van der Waals surface area contributed by atoms with Gasteiger partial charge in [-0.2, -0.15) is 0 Å². The van der Waals surface area contributed by atoms with Crippen LogP contribution in [-0.2, 0) is 19.5 Å². The molecule has 3 N–H and O–H groups in total. The van der Waals surface area contributed by atoms with Crippen molar-refractivity contribution in [2.75, 3.05) is 24.2 Å². The van der Waals surface area contributed by atoms with Gasteiger partial charge in [0.2, 0.25) is 0 Å². The number of amides is 1. The molecular formula is C23H22ClN5O. The van der Waals surface area contributed by atoms with E-state index in [0.29, 0.717) is 28.6 Å². The van der Waals surface area contributed by atoms with E-state index in [1.165, 1.54) is 11.1 Å². The summed E-state index contributed by atoms with van der Waals surface area (Å²) in [6.07, 6.45) is 2.69. The van der Waals surface area contributed by atoms with E-state index in [-0.39, 0.29) is 5.91 Å². The molecule has 7 heteroatoms. The third-order valence-corrected chi connectivity index (χ3v) is 5.92. The predicted molar refractivity (Wildman–Crippen MR) is 120 cm³/mol. The first-order chi connectivity index (χ1) is 14.6. The number of nitrogens with one attached hydrogen (secondary N) is 3. The lowest BCUT2D eigenvalue weighted by atomic mass is 9.99. The normalized spacial score (nSPS) is 15.3. The Hall–Kier alpha value is -3.09. The number of halogens is 1. The number of hydrogen-bond acceptors (Lipinski definition) is 5. The van der Waals surface area contributed by atoms with E-state index in [1.807, 2.05) is 24.3 Å². The van der Waals surface area contributed by atoms with Gasteiger partial charge in [-0.1, -0.05) is 29.8 Å². The van der Waals surface area contributed by atoms with Crippen LogP contribution >= 0.6 is 11.6 Å². The van der Waals surface area contributed by atoms with E-state index >= 15 is 0 Å². The number of benzene rings is 2. The molecule has 0 saturated carbocycles. The van der Waals surface area contributed by atoms with Crippen molar-refractivity contribution in [3.63, 3.8) is 0 Å². The highest BCUT2D eigenvalue weighted by Crippen LogP contribution is 2.32. The molecule has 0 atom stereocenters. The second-order valence-electron chi connectivity index (χ2n) is 7.79. The first-order valence-electron chi connectivity index (χ1n) is 9.97. The minimum absolute atomic E-state index is 0.0735. The van der Waals surface area contributed by atoms with Crippen LogP contribution in [0.15, 0.2) is 48.7 Å². The number of likely N-dealkylation sites (N-methyl/N-ethyl adjacent to an activating group) is 1. The minimum Gasteiger partial charge on any atom is -0.353 e. The van der Waals surface area contributed by atoms with Gasteiger partial charge in [-0.05, 0) is 48.4 Å². The molecule has 1 amide bonds. The number of hydrogen-bond donors (Lipinski definition) is 3. The summed E-state index contributed by atoms with van der Waals surface area (Å²) in [5.41, 5.74) is 6.81. The van der Waals surface area contributed by atoms with Crippen LogP contribution in [0.5, 0.6) is 0 Å². The van der Waals surface area contributed by atoms with Gasteiger partial charge >= 0.3 is 0 Å². The molecule has 0 aliphatic carbocycles. The molecule has 2 aromatic carbocycles. The molecule has 152 valence electrons. The van der Waals surface area contributed by atoms with E-state index in [0.717, 1.165) is 36.4 Å². The van der Waals surface area contributed by atoms with Crippen molar-refractivity contribution in [3.8, 4) is 0 Å². The number of anilines is 4. The summed E-state index contributed by atoms with van der Waals surface area (Å²) in [4.78, 5) is 18.9. The fraction of sp³-hybridized carbons (Fsp3) is 0.217. The van der Waals surface area contributed by atoms with Crippen LogP contribution in [0.25, 0.3) is 0 Å². The highest BCUT2D eigenvalue weighted by atomic mass is 35.5. The highest BCUT2D eigenvalue weighted by Gasteiger charge is 2.22. The Morgan fingerprint density at radius 3 is 2.87 bits per heavy atom. The first-order valence-corrected chi connectivity index (χ1v) is 10.3. The SMILES string of the molecule is CN1CCc2ccc(Nc3cc(Nc4cccc5c4C(=O)NC5)c(Cl)cn3)cc2C1. The summed E-state index contributed by atoms with van der Waals surface area (Å²) < 4.78 is 0. The van der Waals surface area contributed by atoms with E-state index in [9.17, 15) is 4.79 Å². The summed E-state index contributed by atoms with van der Waals surface area (Å²) in [5, 5.41) is 10.0. The van der Waals surface area contributed by atoms with Crippen LogP contribution in [0.2, 0.25) is 5.02 Å². The van der Waals surface area contributed by atoms with E-state index < -0.39 is 0 Å². The molecule has 1 aromatic heterocycles. The zero-order chi connectivity index (χ0) is 20.7. The van der Waals surface area contributed by atoms with E-state index in [1.54, 1.807) is 6.20 Å². The molecule has 5 rings (SSSR count). The maximum absolute atomic E-state index is 12.2. The summed E-state index contributed by atoms with van der Waals surface area (Å²) in [5.74, 6) is 0.610. The molecule has 3 heterocycles. The molecule has 2 aliphatic heterocycles. The van der Waals surface area contributed by atoms with Crippen molar-refractivity contribution in [1.82, 2.24) is 15.2 Å². The van der Waals surface area contributed by atoms with Gasteiger partial charge < -0.3 is 20.9 Å². The van der Waals surface area contributed by atoms with Gasteiger partial charge in [-0.25, -0.2) is 4.98 Å². The minimum atomic E-state index is -0.0735. The maximum atomic E-state index is 12.2. The zero-order valence-electron chi connectivity index (χ0n) is 16.6. The number of nitrogens with zero attached hydrogens (tertiary/aromatic N) is 2. The van der Waals surface area contributed by atoms with Gasteiger partial charge in [0.15, 0.2) is 0 Å². The average Bonchev–Trinajstić information content (AvgIpc) is 3.12. The Bertz CT molecular complexity index is 1150. The van der Waals surface area contributed by atoms with Crippen molar-refractivity contribution >= 4 is 40.4 Å². The number of rotatable bonds is 4. The Morgan fingerprint density at radius 2 is 1.97 bits per heavy atom. The lowest BCUT2D eigenvalue weighted by Gasteiger charge is -2.25. The van der Waals surface area contributed by atoms with Gasteiger partial charge in [0, 0.05) is 31.4 Å². The first kappa shape index (κ1) is 18.9. The number of fused-ring (bicyclic) bond motifs is 2.